The predicted octanol–water partition coefficient (Wildman–Crippen LogP) is 1.17. The van der Waals surface area contributed by atoms with Crippen LogP contribution in [0.5, 0.6) is 0 Å². The van der Waals surface area contributed by atoms with E-state index in [0.717, 1.165) is 24.8 Å². The Morgan fingerprint density at radius 3 is 2.58 bits per heavy atom. The minimum atomic E-state index is -3.66. The molecule has 1 aliphatic carbocycles. The minimum absolute atomic E-state index is 0.211. The van der Waals surface area contributed by atoms with Gasteiger partial charge in [0, 0.05) is 0 Å². The lowest BCUT2D eigenvalue weighted by molar-refractivity contribution is 0.542. The van der Waals surface area contributed by atoms with E-state index in [9.17, 15) is 8.42 Å². The molecule has 0 atom stereocenters. The van der Waals surface area contributed by atoms with Crippen LogP contribution in [-0.2, 0) is 22.9 Å². The number of sulfonamides is 1. The van der Waals surface area contributed by atoms with Crippen molar-refractivity contribution >= 4 is 15.9 Å². The molecule has 1 aliphatic rings. The Morgan fingerprint density at radius 2 is 1.95 bits per heavy atom. The van der Waals surface area contributed by atoms with Crippen LogP contribution in [-0.4, -0.2) is 19.8 Å². The van der Waals surface area contributed by atoms with Crippen LogP contribution in [0.1, 0.15) is 31.4 Å². The second kappa shape index (κ2) is 4.61. The van der Waals surface area contributed by atoms with Crippen molar-refractivity contribution in [1.29, 1.82) is 5.41 Å². The van der Waals surface area contributed by atoms with Crippen LogP contribution in [0.3, 0.4) is 0 Å². The van der Waals surface area contributed by atoms with Crippen LogP contribution in [0.4, 0.5) is 0 Å². The van der Waals surface area contributed by atoms with E-state index in [0.29, 0.717) is 0 Å². The fourth-order valence-electron chi connectivity index (χ4n) is 2.17. The summed E-state index contributed by atoms with van der Waals surface area (Å²) in [5.74, 6) is -0.211. The molecule has 0 unspecified atom stereocenters. The first-order chi connectivity index (χ1) is 8.72. The molecular weight excluding hydrogens is 262 g/mol. The lowest BCUT2D eigenvalue weighted by atomic mass is 10.1. The molecule has 0 saturated carbocycles. The zero-order chi connectivity index (χ0) is 14.3. The van der Waals surface area contributed by atoms with Gasteiger partial charge in [-0.05, 0) is 56.4 Å². The SMILES string of the molecule is CC(C)(NS(=O)(=O)c1ccc2c(c1)CCC2)C(=N)N. The Hall–Kier alpha value is -1.40. The molecule has 0 radical (unpaired) electrons. The van der Waals surface area contributed by atoms with E-state index in [2.05, 4.69) is 4.72 Å². The monoisotopic (exact) mass is 281 g/mol. The van der Waals surface area contributed by atoms with E-state index in [1.54, 1.807) is 26.0 Å². The summed E-state index contributed by atoms with van der Waals surface area (Å²) in [6, 6.07) is 5.21. The van der Waals surface area contributed by atoms with E-state index < -0.39 is 15.6 Å². The molecule has 104 valence electrons. The standard InChI is InChI=1S/C13H19N3O2S/c1-13(2,12(14)15)16-19(17,18)11-7-6-9-4-3-5-10(9)8-11/h6-8,16H,3-5H2,1-2H3,(H3,14,15). The summed E-state index contributed by atoms with van der Waals surface area (Å²) in [5, 5.41) is 7.41. The highest BCUT2D eigenvalue weighted by molar-refractivity contribution is 7.89. The molecule has 4 N–H and O–H groups in total. The highest BCUT2D eigenvalue weighted by Crippen LogP contribution is 2.25. The number of nitrogens with one attached hydrogen (secondary N) is 2. The molecule has 0 amide bonds. The molecule has 1 aromatic rings. The van der Waals surface area contributed by atoms with Gasteiger partial charge in [0.1, 0.15) is 5.84 Å². The van der Waals surface area contributed by atoms with Crippen molar-refractivity contribution in [3.8, 4) is 0 Å². The third-order valence-corrected chi connectivity index (χ3v) is 5.10. The quantitative estimate of drug-likeness (QED) is 0.571. The Morgan fingerprint density at radius 1 is 1.32 bits per heavy atom. The van der Waals surface area contributed by atoms with Gasteiger partial charge in [-0.1, -0.05) is 6.07 Å². The van der Waals surface area contributed by atoms with Gasteiger partial charge in [0.2, 0.25) is 10.0 Å². The summed E-state index contributed by atoms with van der Waals surface area (Å²) >= 11 is 0. The molecule has 0 saturated heterocycles. The molecule has 0 bridgehead atoms. The van der Waals surface area contributed by atoms with E-state index in [1.807, 2.05) is 6.07 Å². The highest BCUT2D eigenvalue weighted by atomic mass is 32.2. The van der Waals surface area contributed by atoms with Crippen molar-refractivity contribution in [1.82, 2.24) is 4.72 Å². The zero-order valence-electron chi connectivity index (χ0n) is 11.2. The smallest absolute Gasteiger partial charge is 0.241 e. The highest BCUT2D eigenvalue weighted by Gasteiger charge is 2.29. The lowest BCUT2D eigenvalue weighted by Gasteiger charge is -2.24. The maximum absolute atomic E-state index is 12.3. The van der Waals surface area contributed by atoms with E-state index in [1.165, 1.54) is 5.56 Å². The summed E-state index contributed by atoms with van der Waals surface area (Å²) in [6.07, 6.45) is 3.02. The maximum Gasteiger partial charge on any atom is 0.241 e. The molecular formula is C13H19N3O2S. The van der Waals surface area contributed by atoms with Gasteiger partial charge in [0.05, 0.1) is 10.4 Å². The van der Waals surface area contributed by atoms with Gasteiger partial charge in [-0.25, -0.2) is 8.42 Å². The van der Waals surface area contributed by atoms with Crippen LogP contribution < -0.4 is 10.5 Å². The topological polar surface area (TPSA) is 96.0 Å². The molecule has 0 fully saturated rings. The first-order valence-electron chi connectivity index (χ1n) is 6.23. The van der Waals surface area contributed by atoms with Crippen LogP contribution >= 0.6 is 0 Å². The van der Waals surface area contributed by atoms with Gasteiger partial charge >= 0.3 is 0 Å². The molecule has 2 rings (SSSR count). The van der Waals surface area contributed by atoms with Crippen molar-refractivity contribution < 1.29 is 8.42 Å². The van der Waals surface area contributed by atoms with Crippen molar-refractivity contribution in [3.05, 3.63) is 29.3 Å². The van der Waals surface area contributed by atoms with Crippen LogP contribution in [0.2, 0.25) is 0 Å². The number of aryl methyl sites for hydroxylation is 2. The van der Waals surface area contributed by atoms with Crippen LogP contribution in [0.25, 0.3) is 0 Å². The summed E-state index contributed by atoms with van der Waals surface area (Å²) in [7, 11) is -3.66. The van der Waals surface area contributed by atoms with Crippen molar-refractivity contribution in [2.75, 3.05) is 0 Å². The third kappa shape index (κ3) is 2.79. The Kier molecular flexibility index (Phi) is 3.40. The summed E-state index contributed by atoms with van der Waals surface area (Å²) in [6.45, 7) is 3.14. The Labute approximate surface area is 113 Å². The summed E-state index contributed by atoms with van der Waals surface area (Å²) in [5.41, 5.74) is 6.64. The number of nitrogens with two attached hydrogens (primary N) is 1. The fraction of sp³-hybridized carbons (Fsp3) is 0.462. The zero-order valence-corrected chi connectivity index (χ0v) is 12.0. The Bertz CT molecular complexity index is 621. The molecule has 1 aromatic carbocycles. The molecule has 6 heteroatoms. The molecule has 0 aliphatic heterocycles. The number of amidine groups is 1. The van der Waals surface area contributed by atoms with Gasteiger partial charge in [0.15, 0.2) is 0 Å². The van der Waals surface area contributed by atoms with Gasteiger partial charge in [-0.2, -0.15) is 4.72 Å². The second-order valence-electron chi connectivity index (χ2n) is 5.43. The molecule has 0 spiro atoms. The largest absolute Gasteiger partial charge is 0.386 e. The summed E-state index contributed by atoms with van der Waals surface area (Å²) in [4.78, 5) is 0.238. The molecule has 5 nitrogen and oxygen atoms in total. The normalized spacial score (nSPS) is 15.3. The number of fused-ring (bicyclic) bond motifs is 1. The molecule has 0 aromatic heterocycles. The van der Waals surface area contributed by atoms with E-state index >= 15 is 0 Å². The predicted molar refractivity (Wildman–Crippen MR) is 74.8 cm³/mol. The molecule has 19 heavy (non-hydrogen) atoms. The van der Waals surface area contributed by atoms with E-state index in [-0.39, 0.29) is 10.7 Å². The average molecular weight is 281 g/mol. The Balaban J connectivity index is 2.33. The number of benzene rings is 1. The average Bonchev–Trinajstić information content (AvgIpc) is 2.73. The van der Waals surface area contributed by atoms with Crippen molar-refractivity contribution in [2.45, 2.75) is 43.5 Å². The third-order valence-electron chi connectivity index (χ3n) is 3.44. The van der Waals surface area contributed by atoms with E-state index in [4.69, 9.17) is 11.1 Å². The summed E-state index contributed by atoms with van der Waals surface area (Å²) < 4.78 is 27.0. The van der Waals surface area contributed by atoms with Crippen LogP contribution in [0, 0.1) is 5.41 Å². The maximum atomic E-state index is 12.3. The number of hydrogen-bond donors (Lipinski definition) is 3. The second-order valence-corrected chi connectivity index (χ2v) is 7.11. The van der Waals surface area contributed by atoms with Gasteiger partial charge in [-0.3, -0.25) is 5.41 Å². The molecule has 0 heterocycles. The van der Waals surface area contributed by atoms with Gasteiger partial charge in [0.25, 0.3) is 0 Å². The first-order valence-corrected chi connectivity index (χ1v) is 7.71. The van der Waals surface area contributed by atoms with Crippen LogP contribution in [0.15, 0.2) is 23.1 Å². The van der Waals surface area contributed by atoms with Gasteiger partial charge < -0.3 is 5.73 Å². The number of hydrogen-bond acceptors (Lipinski definition) is 3. The fourth-order valence-corrected chi connectivity index (χ4v) is 3.61. The number of rotatable bonds is 4. The lowest BCUT2D eigenvalue weighted by Crippen LogP contribution is -2.52. The van der Waals surface area contributed by atoms with Crippen molar-refractivity contribution in [2.24, 2.45) is 5.73 Å². The van der Waals surface area contributed by atoms with Gasteiger partial charge in [-0.15, -0.1) is 0 Å². The first kappa shape index (κ1) is 14.0. The minimum Gasteiger partial charge on any atom is -0.386 e. The van der Waals surface area contributed by atoms with Crippen molar-refractivity contribution in [3.63, 3.8) is 0 Å².